The molecule has 3 aromatic heterocycles. The minimum absolute atomic E-state index is 0.0408. The Morgan fingerprint density at radius 2 is 2.00 bits per heavy atom. The van der Waals surface area contributed by atoms with Gasteiger partial charge < -0.3 is 19.3 Å². The molecule has 0 amide bonds. The van der Waals surface area contributed by atoms with Gasteiger partial charge in [-0.3, -0.25) is 4.98 Å². The van der Waals surface area contributed by atoms with Crippen molar-refractivity contribution in [1.82, 2.24) is 19.5 Å². The Labute approximate surface area is 215 Å². The van der Waals surface area contributed by atoms with Crippen molar-refractivity contribution in [3.8, 4) is 23.1 Å². The summed E-state index contributed by atoms with van der Waals surface area (Å²) in [5.41, 5.74) is 2.39. The number of nitriles is 1. The third kappa shape index (κ3) is 4.08. The molecule has 36 heavy (non-hydrogen) atoms. The molecule has 2 saturated carbocycles. The minimum Gasteiger partial charge on any atom is -0.503 e. The van der Waals surface area contributed by atoms with E-state index in [1.54, 1.807) is 18.5 Å². The van der Waals surface area contributed by atoms with Crippen LogP contribution in [0.3, 0.4) is 0 Å². The molecule has 3 fully saturated rings. The van der Waals surface area contributed by atoms with Crippen molar-refractivity contribution >= 4 is 28.6 Å². The van der Waals surface area contributed by atoms with Crippen molar-refractivity contribution in [3.63, 3.8) is 0 Å². The lowest BCUT2D eigenvalue weighted by molar-refractivity contribution is 0.0247. The summed E-state index contributed by atoms with van der Waals surface area (Å²) < 4.78 is 8.34. The van der Waals surface area contributed by atoms with Crippen LogP contribution in [-0.4, -0.2) is 49.9 Å². The van der Waals surface area contributed by atoms with Crippen molar-refractivity contribution < 1.29 is 9.84 Å². The molecule has 0 radical (unpaired) electrons. The summed E-state index contributed by atoms with van der Waals surface area (Å²) in [6.45, 7) is 4.53. The highest BCUT2D eigenvalue weighted by molar-refractivity contribution is 6.30. The van der Waals surface area contributed by atoms with E-state index >= 15 is 0 Å². The fraction of sp³-hybridized carbons (Fsp3) is 0.556. The van der Waals surface area contributed by atoms with Gasteiger partial charge in [-0.2, -0.15) is 5.26 Å². The van der Waals surface area contributed by atoms with Gasteiger partial charge in [0.2, 0.25) is 5.95 Å². The van der Waals surface area contributed by atoms with Gasteiger partial charge in [0.1, 0.15) is 17.1 Å². The second-order valence-electron chi connectivity index (χ2n) is 10.6. The van der Waals surface area contributed by atoms with E-state index in [0.29, 0.717) is 34.3 Å². The number of fused-ring (bicyclic) bond motifs is 2. The number of imidazole rings is 1. The van der Waals surface area contributed by atoms with Crippen molar-refractivity contribution in [2.45, 2.75) is 70.6 Å². The van der Waals surface area contributed by atoms with Gasteiger partial charge in [-0.1, -0.05) is 31.4 Å². The molecule has 9 heteroatoms. The smallest absolute Gasteiger partial charge is 0.207 e. The summed E-state index contributed by atoms with van der Waals surface area (Å²) in [5.74, 6) is 1.95. The van der Waals surface area contributed by atoms with Gasteiger partial charge in [0.05, 0.1) is 29.5 Å². The monoisotopic (exact) mass is 506 g/mol. The molecule has 0 unspecified atom stereocenters. The van der Waals surface area contributed by atoms with Gasteiger partial charge in [0.25, 0.3) is 0 Å². The standard InChI is InChI=1S/C27H31ClN6O2/c1-16-5-7-17(8-6-16)15-34-25-23(18-11-19(28)14-30-13-18)31-20(12-29)26(35)24(25)32-27(34)33-9-10-36-22-4-2-3-21(22)33/h11,13-14,16-17,21-22,35H,2-10,15H2,1H3/t16-,17-,21-,22-/m1/s1. The van der Waals surface area contributed by atoms with Crippen molar-refractivity contribution in [2.75, 3.05) is 18.1 Å². The predicted octanol–water partition coefficient (Wildman–Crippen LogP) is 5.31. The van der Waals surface area contributed by atoms with E-state index in [4.69, 9.17) is 21.3 Å². The minimum atomic E-state index is -0.167. The van der Waals surface area contributed by atoms with Gasteiger partial charge >= 0.3 is 0 Å². The second kappa shape index (κ2) is 9.53. The summed E-state index contributed by atoms with van der Waals surface area (Å²) in [7, 11) is 0. The van der Waals surface area contributed by atoms with Crippen LogP contribution in [0, 0.1) is 23.2 Å². The molecule has 4 heterocycles. The lowest BCUT2D eigenvalue weighted by atomic mass is 9.83. The molecule has 0 bridgehead atoms. The van der Waals surface area contributed by atoms with Crippen molar-refractivity contribution in [1.29, 1.82) is 5.26 Å². The Hall–Kier alpha value is -2.89. The number of rotatable bonds is 4. The number of aromatic hydroxyl groups is 1. The molecule has 2 aliphatic carbocycles. The molecule has 188 valence electrons. The van der Waals surface area contributed by atoms with Crippen LogP contribution in [-0.2, 0) is 11.3 Å². The number of nitrogens with zero attached hydrogens (tertiary/aromatic N) is 6. The van der Waals surface area contributed by atoms with E-state index in [1.807, 2.05) is 6.07 Å². The number of ether oxygens (including phenoxy) is 1. The van der Waals surface area contributed by atoms with E-state index in [0.717, 1.165) is 49.7 Å². The molecule has 3 aliphatic rings. The molecule has 0 spiro atoms. The maximum absolute atomic E-state index is 11.1. The number of morpholine rings is 1. The number of halogens is 1. The zero-order valence-corrected chi connectivity index (χ0v) is 21.3. The number of pyridine rings is 2. The molecular formula is C27H31ClN6O2. The molecule has 1 aliphatic heterocycles. The molecule has 6 rings (SSSR count). The Morgan fingerprint density at radius 3 is 2.78 bits per heavy atom. The maximum Gasteiger partial charge on any atom is 0.207 e. The van der Waals surface area contributed by atoms with Crippen LogP contribution in [0.4, 0.5) is 5.95 Å². The molecule has 8 nitrogen and oxygen atoms in total. The number of hydrogen-bond acceptors (Lipinski definition) is 7. The number of anilines is 1. The number of aromatic nitrogens is 4. The molecule has 1 N–H and O–H groups in total. The summed E-state index contributed by atoms with van der Waals surface area (Å²) in [5, 5.41) is 21.3. The van der Waals surface area contributed by atoms with E-state index < -0.39 is 0 Å². The Morgan fingerprint density at radius 1 is 1.17 bits per heavy atom. The first-order valence-electron chi connectivity index (χ1n) is 13.1. The van der Waals surface area contributed by atoms with Crippen LogP contribution in [0.15, 0.2) is 18.5 Å². The second-order valence-corrected chi connectivity index (χ2v) is 11.0. The van der Waals surface area contributed by atoms with Gasteiger partial charge in [0, 0.05) is 31.0 Å². The van der Waals surface area contributed by atoms with Gasteiger partial charge in [-0.25, -0.2) is 9.97 Å². The fourth-order valence-electron chi connectivity index (χ4n) is 6.33. The maximum atomic E-state index is 11.1. The first-order valence-corrected chi connectivity index (χ1v) is 13.4. The Kier molecular flexibility index (Phi) is 6.22. The Balaban J connectivity index is 1.57. The van der Waals surface area contributed by atoms with E-state index in [2.05, 4.69) is 26.4 Å². The topological polar surface area (TPSA) is 100 Å². The third-order valence-corrected chi connectivity index (χ3v) is 8.45. The SMILES string of the molecule is C[C@H]1CC[C@H](Cn2c(N3CCO[C@@H]4CCC[C@H]43)nc3c(O)c(C#N)nc(-c4cncc(Cl)c4)c32)CC1. The fourth-order valence-corrected chi connectivity index (χ4v) is 6.51. The van der Waals surface area contributed by atoms with Crippen LogP contribution in [0.25, 0.3) is 22.3 Å². The van der Waals surface area contributed by atoms with Crippen LogP contribution < -0.4 is 4.90 Å². The normalized spacial score (nSPS) is 26.2. The lowest BCUT2D eigenvalue weighted by Gasteiger charge is -2.39. The lowest BCUT2D eigenvalue weighted by Crippen LogP contribution is -2.49. The van der Waals surface area contributed by atoms with Crippen LogP contribution >= 0.6 is 11.6 Å². The predicted molar refractivity (Wildman–Crippen MR) is 138 cm³/mol. The summed E-state index contributed by atoms with van der Waals surface area (Å²) in [6.07, 6.45) is 11.5. The van der Waals surface area contributed by atoms with Crippen LogP contribution in [0.1, 0.15) is 57.6 Å². The molecule has 0 aromatic carbocycles. The van der Waals surface area contributed by atoms with Crippen LogP contribution in [0.2, 0.25) is 5.02 Å². The van der Waals surface area contributed by atoms with Crippen LogP contribution in [0.5, 0.6) is 5.75 Å². The van der Waals surface area contributed by atoms with Crippen molar-refractivity contribution in [3.05, 3.63) is 29.2 Å². The van der Waals surface area contributed by atoms with E-state index in [9.17, 15) is 10.4 Å². The summed E-state index contributed by atoms with van der Waals surface area (Å²) in [6, 6.07) is 4.11. The van der Waals surface area contributed by atoms with Crippen molar-refractivity contribution in [2.24, 2.45) is 11.8 Å². The molecule has 2 atom stereocenters. The zero-order valence-electron chi connectivity index (χ0n) is 20.5. The van der Waals surface area contributed by atoms with Gasteiger partial charge in [-0.05, 0) is 50.0 Å². The zero-order chi connectivity index (χ0) is 24.8. The highest BCUT2D eigenvalue weighted by Gasteiger charge is 2.39. The molecule has 3 aromatic rings. The van der Waals surface area contributed by atoms with E-state index in [-0.39, 0.29) is 23.6 Å². The van der Waals surface area contributed by atoms with Gasteiger partial charge in [0.15, 0.2) is 11.4 Å². The average molecular weight is 507 g/mol. The quantitative estimate of drug-likeness (QED) is 0.511. The molecular weight excluding hydrogens is 476 g/mol. The van der Waals surface area contributed by atoms with E-state index in [1.165, 1.54) is 25.7 Å². The first kappa shape index (κ1) is 23.5. The molecule has 1 saturated heterocycles. The first-order chi connectivity index (χ1) is 17.5. The summed E-state index contributed by atoms with van der Waals surface area (Å²) >= 11 is 6.30. The van der Waals surface area contributed by atoms with Gasteiger partial charge in [-0.15, -0.1) is 0 Å². The highest BCUT2D eigenvalue weighted by Crippen LogP contribution is 2.41. The Bertz CT molecular complexity index is 1330. The number of hydrogen-bond donors (Lipinski definition) is 1. The average Bonchev–Trinajstić information content (AvgIpc) is 3.51. The highest BCUT2D eigenvalue weighted by atomic mass is 35.5. The summed E-state index contributed by atoms with van der Waals surface area (Å²) in [4.78, 5) is 16.3. The largest absolute Gasteiger partial charge is 0.503 e. The third-order valence-electron chi connectivity index (χ3n) is 8.24.